The van der Waals surface area contributed by atoms with Gasteiger partial charge in [-0.2, -0.15) is 0 Å². The number of aliphatic imine (C=N–C) groups is 1. The molecule has 0 aliphatic heterocycles. The number of methoxy groups -OCH3 is 3. The predicted molar refractivity (Wildman–Crippen MR) is 107 cm³/mol. The molecule has 0 bridgehead atoms. The van der Waals surface area contributed by atoms with Crippen LogP contribution < -0.4 is 25.3 Å². The van der Waals surface area contributed by atoms with Gasteiger partial charge >= 0.3 is 0 Å². The van der Waals surface area contributed by atoms with E-state index in [1.807, 2.05) is 36.4 Å². The highest BCUT2D eigenvalue weighted by Crippen LogP contribution is 2.27. The fourth-order valence-electron chi connectivity index (χ4n) is 2.41. The Morgan fingerprint density at radius 3 is 2.27 bits per heavy atom. The second-order valence-electron chi connectivity index (χ2n) is 5.54. The summed E-state index contributed by atoms with van der Waals surface area (Å²) in [6.07, 6.45) is 0.796. The molecule has 0 radical (unpaired) electrons. The number of nitrogens with two attached hydrogens (primary N) is 1. The van der Waals surface area contributed by atoms with Crippen molar-refractivity contribution in [1.82, 2.24) is 5.32 Å². The molecule has 0 spiro atoms. The standard InChI is InChI=1S/C19H24BrN3O3/c1-24-16-6-5-14(10-15(16)20)12-23-19(21)22-9-8-13-4-7-17(25-2)18(11-13)26-3/h4-7,10-11H,8-9,12H2,1-3H3,(H3,21,22,23). The van der Waals surface area contributed by atoms with Crippen molar-refractivity contribution in [3.8, 4) is 17.2 Å². The molecule has 0 fully saturated rings. The van der Waals surface area contributed by atoms with Crippen molar-refractivity contribution in [2.75, 3.05) is 27.9 Å². The minimum atomic E-state index is 0.414. The summed E-state index contributed by atoms with van der Waals surface area (Å²) in [6.45, 7) is 1.18. The third-order valence-electron chi connectivity index (χ3n) is 3.82. The van der Waals surface area contributed by atoms with Gasteiger partial charge in [0, 0.05) is 6.54 Å². The number of rotatable bonds is 8. The van der Waals surface area contributed by atoms with Crippen LogP contribution in [0.15, 0.2) is 45.9 Å². The molecule has 0 saturated heterocycles. The van der Waals surface area contributed by atoms with Crippen LogP contribution >= 0.6 is 15.9 Å². The van der Waals surface area contributed by atoms with E-state index < -0.39 is 0 Å². The number of halogens is 1. The van der Waals surface area contributed by atoms with Gasteiger partial charge in [-0.15, -0.1) is 0 Å². The topological polar surface area (TPSA) is 78.1 Å². The quantitative estimate of drug-likeness (QED) is 0.505. The first-order chi connectivity index (χ1) is 12.6. The molecule has 2 rings (SSSR count). The van der Waals surface area contributed by atoms with Crippen molar-refractivity contribution in [3.63, 3.8) is 0 Å². The monoisotopic (exact) mass is 421 g/mol. The maximum atomic E-state index is 5.94. The number of ether oxygens (including phenoxy) is 3. The number of nitrogens with zero attached hydrogens (tertiary/aromatic N) is 1. The van der Waals surface area contributed by atoms with Crippen LogP contribution in [0, 0.1) is 0 Å². The van der Waals surface area contributed by atoms with Gasteiger partial charge in [-0.25, -0.2) is 4.99 Å². The summed E-state index contributed by atoms with van der Waals surface area (Å²) in [4.78, 5) is 4.36. The van der Waals surface area contributed by atoms with Gasteiger partial charge in [0.25, 0.3) is 0 Å². The van der Waals surface area contributed by atoms with Crippen molar-refractivity contribution >= 4 is 21.9 Å². The summed E-state index contributed by atoms with van der Waals surface area (Å²) in [7, 11) is 4.89. The molecule has 7 heteroatoms. The van der Waals surface area contributed by atoms with E-state index in [2.05, 4.69) is 26.2 Å². The minimum Gasteiger partial charge on any atom is -0.496 e. The predicted octanol–water partition coefficient (Wildman–Crippen LogP) is 3.12. The lowest BCUT2D eigenvalue weighted by atomic mass is 10.1. The molecule has 140 valence electrons. The zero-order chi connectivity index (χ0) is 18.9. The fraction of sp³-hybridized carbons (Fsp3) is 0.316. The molecule has 0 saturated carbocycles. The molecule has 2 aromatic rings. The van der Waals surface area contributed by atoms with Crippen molar-refractivity contribution < 1.29 is 14.2 Å². The van der Waals surface area contributed by atoms with Crippen molar-refractivity contribution in [2.24, 2.45) is 10.7 Å². The van der Waals surface area contributed by atoms with E-state index in [9.17, 15) is 0 Å². The molecule has 0 heterocycles. The third-order valence-corrected chi connectivity index (χ3v) is 4.44. The van der Waals surface area contributed by atoms with E-state index in [0.29, 0.717) is 19.0 Å². The van der Waals surface area contributed by atoms with E-state index in [-0.39, 0.29) is 0 Å². The van der Waals surface area contributed by atoms with Gasteiger partial charge in [0.05, 0.1) is 32.3 Å². The Morgan fingerprint density at radius 1 is 0.962 bits per heavy atom. The summed E-state index contributed by atoms with van der Waals surface area (Å²) < 4.78 is 16.7. The Morgan fingerprint density at radius 2 is 1.62 bits per heavy atom. The molecule has 26 heavy (non-hydrogen) atoms. The van der Waals surface area contributed by atoms with Crippen LogP contribution in [0.4, 0.5) is 0 Å². The lowest BCUT2D eigenvalue weighted by Crippen LogP contribution is -2.33. The summed E-state index contributed by atoms with van der Waals surface area (Å²) in [5.74, 6) is 2.64. The van der Waals surface area contributed by atoms with Crippen molar-refractivity contribution in [1.29, 1.82) is 0 Å². The van der Waals surface area contributed by atoms with Crippen LogP contribution in [0.3, 0.4) is 0 Å². The van der Waals surface area contributed by atoms with Crippen molar-refractivity contribution in [2.45, 2.75) is 13.0 Å². The molecule has 0 aromatic heterocycles. The van der Waals surface area contributed by atoms with E-state index in [1.54, 1.807) is 21.3 Å². The smallest absolute Gasteiger partial charge is 0.188 e. The first-order valence-electron chi connectivity index (χ1n) is 8.14. The highest BCUT2D eigenvalue weighted by molar-refractivity contribution is 9.10. The molecule has 0 unspecified atom stereocenters. The minimum absolute atomic E-state index is 0.414. The SMILES string of the molecule is COc1ccc(CN=C(N)NCCc2ccc(OC)c(OC)c2)cc1Br. The number of guanidine groups is 1. The maximum Gasteiger partial charge on any atom is 0.188 e. The van der Waals surface area contributed by atoms with Crippen LogP contribution in [0.1, 0.15) is 11.1 Å². The Bertz CT molecular complexity index is 766. The van der Waals surface area contributed by atoms with Crippen LogP contribution in [0.2, 0.25) is 0 Å². The zero-order valence-corrected chi connectivity index (χ0v) is 16.8. The molecule has 0 atom stereocenters. The molecule has 6 nitrogen and oxygen atoms in total. The van der Waals surface area contributed by atoms with Gasteiger partial charge < -0.3 is 25.3 Å². The highest BCUT2D eigenvalue weighted by Gasteiger charge is 2.05. The van der Waals surface area contributed by atoms with Crippen LogP contribution in [-0.4, -0.2) is 33.8 Å². The lowest BCUT2D eigenvalue weighted by Gasteiger charge is -2.10. The fourth-order valence-corrected chi connectivity index (χ4v) is 3.00. The van der Waals surface area contributed by atoms with E-state index >= 15 is 0 Å². The van der Waals surface area contributed by atoms with E-state index in [1.165, 1.54) is 0 Å². The average molecular weight is 422 g/mol. The number of hydrogen-bond acceptors (Lipinski definition) is 4. The Kier molecular flexibility index (Phi) is 7.59. The van der Waals surface area contributed by atoms with Gasteiger partial charge in [0.15, 0.2) is 17.5 Å². The Balaban J connectivity index is 1.85. The molecule has 3 N–H and O–H groups in total. The van der Waals surface area contributed by atoms with E-state index in [0.717, 1.165) is 39.3 Å². The largest absolute Gasteiger partial charge is 0.496 e. The highest BCUT2D eigenvalue weighted by atomic mass is 79.9. The van der Waals surface area contributed by atoms with Gasteiger partial charge in [-0.3, -0.25) is 0 Å². The summed E-state index contributed by atoms with van der Waals surface area (Å²) in [5, 5.41) is 3.12. The molecule has 2 aromatic carbocycles. The number of benzene rings is 2. The van der Waals surface area contributed by atoms with Gasteiger partial charge in [0.2, 0.25) is 0 Å². The lowest BCUT2D eigenvalue weighted by molar-refractivity contribution is 0.354. The van der Waals surface area contributed by atoms with Gasteiger partial charge in [-0.1, -0.05) is 12.1 Å². The average Bonchev–Trinajstić information content (AvgIpc) is 2.66. The first-order valence-corrected chi connectivity index (χ1v) is 8.93. The Hall–Kier alpha value is -2.41. The summed E-state index contributed by atoms with van der Waals surface area (Å²) in [5.41, 5.74) is 8.11. The second-order valence-corrected chi connectivity index (χ2v) is 6.39. The molecular formula is C19H24BrN3O3. The first kappa shape index (κ1) is 19.9. The van der Waals surface area contributed by atoms with E-state index in [4.69, 9.17) is 19.9 Å². The van der Waals surface area contributed by atoms with Crippen molar-refractivity contribution in [3.05, 3.63) is 52.0 Å². The number of hydrogen-bond donors (Lipinski definition) is 2. The molecular weight excluding hydrogens is 398 g/mol. The second kappa shape index (κ2) is 9.91. The van der Waals surface area contributed by atoms with Crippen LogP contribution in [0.25, 0.3) is 0 Å². The number of nitrogens with one attached hydrogen (secondary N) is 1. The van der Waals surface area contributed by atoms with Gasteiger partial charge in [-0.05, 0) is 57.7 Å². The molecule has 0 amide bonds. The van der Waals surface area contributed by atoms with Crippen LogP contribution in [-0.2, 0) is 13.0 Å². The van der Waals surface area contributed by atoms with Gasteiger partial charge in [0.1, 0.15) is 5.75 Å². The molecule has 0 aliphatic rings. The zero-order valence-electron chi connectivity index (χ0n) is 15.2. The molecule has 0 aliphatic carbocycles. The maximum absolute atomic E-state index is 5.94. The normalized spacial score (nSPS) is 11.2. The summed E-state index contributed by atoms with van der Waals surface area (Å²) >= 11 is 3.46. The third kappa shape index (κ3) is 5.56. The Labute approximate surface area is 162 Å². The van der Waals surface area contributed by atoms with Crippen LogP contribution in [0.5, 0.6) is 17.2 Å². The summed E-state index contributed by atoms with van der Waals surface area (Å²) in [6, 6.07) is 11.7.